The van der Waals surface area contributed by atoms with E-state index in [-0.39, 0.29) is 12.6 Å². The molecule has 0 amide bonds. The molecule has 0 N–H and O–H groups in total. The molecular formula is C26H56O9Si5. The summed E-state index contributed by atoms with van der Waals surface area (Å²) in [5.41, 5.74) is -0.747. The fourth-order valence-electron chi connectivity index (χ4n) is 4.07. The largest absolute Gasteiger partial charge is 0.512 e. The first kappa shape index (κ1) is 39.3. The zero-order valence-electron chi connectivity index (χ0n) is 27.1. The summed E-state index contributed by atoms with van der Waals surface area (Å²) in [5.74, 6) is -0.916. The summed E-state index contributed by atoms with van der Waals surface area (Å²) in [5, 5.41) is 0. The molecule has 0 aliphatic heterocycles. The Bertz CT molecular complexity index is 770. The SMILES string of the molecule is C=CC(=O)OC(CC[Si](CCCOC(=O)C=CC)(OCC)OCC)[Si](O[Si](C)(C)C)(O[Si](C)(C)C)O[Si](C)(C)C. The summed E-state index contributed by atoms with van der Waals surface area (Å²) in [6, 6.07) is 1.15. The van der Waals surface area contributed by atoms with Crippen molar-refractivity contribution in [2.24, 2.45) is 0 Å². The highest BCUT2D eigenvalue weighted by Gasteiger charge is 2.58. The van der Waals surface area contributed by atoms with Crippen LogP contribution in [0, 0.1) is 0 Å². The molecule has 1 unspecified atom stereocenters. The maximum atomic E-state index is 12.7. The summed E-state index contributed by atoms with van der Waals surface area (Å²) in [6.07, 6.45) is 5.20. The lowest BCUT2D eigenvalue weighted by atomic mass is 10.5. The van der Waals surface area contributed by atoms with Gasteiger partial charge >= 0.3 is 29.3 Å². The summed E-state index contributed by atoms with van der Waals surface area (Å²) in [7, 11) is -13.1. The molecule has 0 bridgehead atoms. The molecular weight excluding hydrogens is 597 g/mol. The van der Waals surface area contributed by atoms with Crippen molar-refractivity contribution < 1.29 is 40.3 Å². The van der Waals surface area contributed by atoms with Gasteiger partial charge in [0.25, 0.3) is 0 Å². The van der Waals surface area contributed by atoms with Gasteiger partial charge in [0.1, 0.15) is 0 Å². The van der Waals surface area contributed by atoms with Crippen molar-refractivity contribution in [2.45, 2.75) is 110 Å². The van der Waals surface area contributed by atoms with E-state index in [1.54, 1.807) is 13.0 Å². The highest BCUT2D eigenvalue weighted by Crippen LogP contribution is 2.34. The lowest BCUT2D eigenvalue weighted by molar-refractivity contribution is -0.142. The highest BCUT2D eigenvalue weighted by molar-refractivity contribution is 6.90. The number of rotatable bonds is 21. The summed E-state index contributed by atoms with van der Waals surface area (Å²) < 4.78 is 44.7. The van der Waals surface area contributed by atoms with Gasteiger partial charge in [-0.2, -0.15) is 0 Å². The minimum absolute atomic E-state index is 0.266. The minimum atomic E-state index is -3.59. The molecule has 234 valence electrons. The van der Waals surface area contributed by atoms with E-state index >= 15 is 0 Å². The molecule has 0 heterocycles. The predicted molar refractivity (Wildman–Crippen MR) is 173 cm³/mol. The van der Waals surface area contributed by atoms with Crippen LogP contribution in [0.3, 0.4) is 0 Å². The molecule has 0 saturated carbocycles. The quantitative estimate of drug-likeness (QED) is 0.0593. The first-order valence-electron chi connectivity index (χ1n) is 14.3. The van der Waals surface area contributed by atoms with Crippen molar-refractivity contribution in [3.05, 3.63) is 24.8 Å². The number of esters is 2. The standard InChI is InChI=1S/C26H56O9Si5/c1-14-19-25(28)29-21-18-22-39(30-16-3,31-17-4)23-20-26(32-24(27)15-2)40(33-36(5,6)7,34-37(8,9)10)35-38(11,12)13/h14-15,19,26H,2,16-18,20-23H2,1,3-13H3. The molecule has 40 heavy (non-hydrogen) atoms. The predicted octanol–water partition coefficient (Wildman–Crippen LogP) is 6.53. The van der Waals surface area contributed by atoms with Gasteiger partial charge in [0, 0.05) is 25.4 Å². The Hall–Kier alpha value is -0.696. The third-order valence-electron chi connectivity index (χ3n) is 5.02. The maximum Gasteiger partial charge on any atom is 0.512 e. The number of hydrogen-bond donors (Lipinski definition) is 0. The smallest absolute Gasteiger partial charge is 0.463 e. The van der Waals surface area contributed by atoms with Gasteiger partial charge in [-0.25, -0.2) is 9.59 Å². The average Bonchev–Trinajstić information content (AvgIpc) is 2.76. The van der Waals surface area contributed by atoms with Gasteiger partial charge in [-0.05, 0) is 105 Å². The van der Waals surface area contributed by atoms with E-state index in [4.69, 9.17) is 30.7 Å². The Labute approximate surface area is 248 Å². The van der Waals surface area contributed by atoms with Crippen molar-refractivity contribution >= 4 is 54.3 Å². The van der Waals surface area contributed by atoms with Gasteiger partial charge in [-0.15, -0.1) is 0 Å². The van der Waals surface area contributed by atoms with Crippen LogP contribution in [0.4, 0.5) is 0 Å². The van der Waals surface area contributed by atoms with Crippen LogP contribution < -0.4 is 0 Å². The second-order valence-electron chi connectivity index (χ2n) is 12.5. The second kappa shape index (κ2) is 17.4. The van der Waals surface area contributed by atoms with Crippen LogP contribution in [0.25, 0.3) is 0 Å². The molecule has 0 aromatic heterocycles. The summed E-state index contributed by atoms with van der Waals surface area (Å²) in [6.45, 7) is 29.3. The molecule has 0 radical (unpaired) electrons. The lowest BCUT2D eigenvalue weighted by Crippen LogP contribution is -2.68. The molecule has 1 atom stereocenters. The van der Waals surface area contributed by atoms with Gasteiger partial charge in [0.2, 0.25) is 0 Å². The molecule has 0 aromatic rings. The summed E-state index contributed by atoms with van der Waals surface area (Å²) in [4.78, 5) is 24.5. The van der Waals surface area contributed by atoms with E-state index in [2.05, 4.69) is 65.5 Å². The summed E-state index contributed by atoms with van der Waals surface area (Å²) >= 11 is 0. The van der Waals surface area contributed by atoms with Gasteiger partial charge < -0.3 is 30.7 Å². The van der Waals surface area contributed by atoms with Crippen LogP contribution in [0.5, 0.6) is 0 Å². The highest BCUT2D eigenvalue weighted by atomic mass is 28.5. The van der Waals surface area contributed by atoms with Crippen LogP contribution in [-0.2, 0) is 40.3 Å². The number of hydrogen-bond acceptors (Lipinski definition) is 9. The van der Waals surface area contributed by atoms with E-state index in [1.165, 1.54) is 12.2 Å². The van der Waals surface area contributed by atoms with Crippen molar-refractivity contribution in [1.82, 2.24) is 0 Å². The number of carbonyl (C=O) groups excluding carboxylic acids is 2. The Morgan fingerprint density at radius 3 is 1.62 bits per heavy atom. The normalized spacial score (nSPS) is 14.3. The number of carbonyl (C=O) groups is 2. The van der Waals surface area contributed by atoms with Crippen molar-refractivity contribution in [3.8, 4) is 0 Å². The van der Waals surface area contributed by atoms with Crippen LogP contribution >= 0.6 is 0 Å². The van der Waals surface area contributed by atoms with E-state index in [1.807, 2.05) is 13.8 Å². The van der Waals surface area contributed by atoms with E-state index in [0.29, 0.717) is 38.1 Å². The molecule has 0 rings (SSSR count). The minimum Gasteiger partial charge on any atom is -0.463 e. The monoisotopic (exact) mass is 652 g/mol. The molecule has 0 saturated heterocycles. The van der Waals surface area contributed by atoms with E-state index < -0.39 is 54.0 Å². The van der Waals surface area contributed by atoms with Crippen LogP contribution in [0.2, 0.25) is 71.0 Å². The topological polar surface area (TPSA) is 98.8 Å². The number of allylic oxidation sites excluding steroid dienone is 1. The zero-order valence-corrected chi connectivity index (χ0v) is 32.1. The van der Waals surface area contributed by atoms with Crippen molar-refractivity contribution in [3.63, 3.8) is 0 Å². The Balaban J connectivity index is 6.53. The molecule has 0 fully saturated rings. The molecule has 9 nitrogen and oxygen atoms in total. The molecule has 0 spiro atoms. The molecule has 0 aliphatic rings. The van der Waals surface area contributed by atoms with Crippen LogP contribution in [0.15, 0.2) is 24.8 Å². The fraction of sp³-hybridized carbons (Fsp3) is 0.769. The lowest BCUT2D eigenvalue weighted by Gasteiger charge is -2.46. The fourth-order valence-corrected chi connectivity index (χ4v) is 21.9. The third-order valence-corrected chi connectivity index (χ3v) is 20.8. The Kier molecular flexibility index (Phi) is 17.1. The molecule has 14 heteroatoms. The van der Waals surface area contributed by atoms with E-state index in [0.717, 1.165) is 0 Å². The van der Waals surface area contributed by atoms with Crippen molar-refractivity contribution in [2.75, 3.05) is 19.8 Å². The second-order valence-corrected chi connectivity index (χ2v) is 32.8. The average molecular weight is 653 g/mol. The van der Waals surface area contributed by atoms with Gasteiger partial charge in [0.05, 0.1) is 6.61 Å². The maximum absolute atomic E-state index is 12.7. The van der Waals surface area contributed by atoms with Gasteiger partial charge in [-0.3, -0.25) is 0 Å². The van der Waals surface area contributed by atoms with Crippen LogP contribution in [0.1, 0.15) is 33.6 Å². The number of ether oxygens (including phenoxy) is 2. The third kappa shape index (κ3) is 16.7. The Morgan fingerprint density at radius 1 is 0.775 bits per heavy atom. The van der Waals surface area contributed by atoms with Crippen molar-refractivity contribution in [1.29, 1.82) is 0 Å². The molecule has 0 aliphatic carbocycles. The zero-order chi connectivity index (χ0) is 31.3. The van der Waals surface area contributed by atoms with Gasteiger partial charge in [0.15, 0.2) is 30.7 Å². The van der Waals surface area contributed by atoms with Crippen LogP contribution in [-0.4, -0.2) is 79.8 Å². The first-order chi connectivity index (χ1) is 18.3. The molecule has 0 aromatic carbocycles. The van der Waals surface area contributed by atoms with Gasteiger partial charge in [-0.1, -0.05) is 12.7 Å². The first-order valence-corrected chi connectivity index (χ1v) is 28.5. The Morgan fingerprint density at radius 2 is 1.25 bits per heavy atom. The van der Waals surface area contributed by atoms with E-state index in [9.17, 15) is 9.59 Å².